The van der Waals surface area contributed by atoms with Crippen molar-refractivity contribution in [2.75, 3.05) is 14.2 Å². The first kappa shape index (κ1) is 16.1. The van der Waals surface area contributed by atoms with Crippen LogP contribution in [0.1, 0.15) is 16.1 Å². The van der Waals surface area contributed by atoms with Crippen LogP contribution in [0.3, 0.4) is 0 Å². The van der Waals surface area contributed by atoms with Gasteiger partial charge < -0.3 is 19.2 Å². The highest BCUT2D eigenvalue weighted by atomic mass is 35.5. The van der Waals surface area contributed by atoms with E-state index in [4.69, 9.17) is 21.1 Å². The lowest BCUT2D eigenvalue weighted by Gasteiger charge is -2.10. The van der Waals surface area contributed by atoms with Gasteiger partial charge in [0.25, 0.3) is 5.91 Å². The van der Waals surface area contributed by atoms with Crippen LogP contribution in [-0.2, 0) is 6.54 Å². The minimum Gasteiger partial charge on any atom is -0.497 e. The van der Waals surface area contributed by atoms with Crippen molar-refractivity contribution in [2.45, 2.75) is 6.54 Å². The fourth-order valence-electron chi connectivity index (χ4n) is 2.34. The van der Waals surface area contributed by atoms with Gasteiger partial charge in [0.05, 0.1) is 19.2 Å². The Kier molecular flexibility index (Phi) is 4.57. The van der Waals surface area contributed by atoms with E-state index in [1.54, 1.807) is 49.2 Å². The highest BCUT2D eigenvalue weighted by Gasteiger charge is 2.12. The third-order valence-electron chi connectivity index (χ3n) is 3.58. The molecule has 0 spiro atoms. The molecule has 0 unspecified atom stereocenters. The minimum atomic E-state index is -0.271. The third kappa shape index (κ3) is 3.28. The van der Waals surface area contributed by atoms with Crippen molar-refractivity contribution < 1.29 is 14.3 Å². The second-order valence-electron chi connectivity index (χ2n) is 5.10. The predicted octanol–water partition coefficient (Wildman–Crippen LogP) is 2.93. The zero-order valence-electron chi connectivity index (χ0n) is 13.2. The first-order chi connectivity index (χ1) is 11.6. The molecule has 7 heteroatoms. The Morgan fingerprint density at radius 3 is 2.79 bits per heavy atom. The van der Waals surface area contributed by atoms with Crippen LogP contribution in [0.2, 0.25) is 5.02 Å². The van der Waals surface area contributed by atoms with Crippen molar-refractivity contribution in [1.29, 1.82) is 0 Å². The molecule has 3 aromatic rings. The number of hydrogen-bond donors (Lipinski definition) is 1. The van der Waals surface area contributed by atoms with Crippen LogP contribution in [0.25, 0.3) is 5.65 Å². The second-order valence-corrected chi connectivity index (χ2v) is 5.54. The highest BCUT2D eigenvalue weighted by Crippen LogP contribution is 2.24. The molecule has 6 nitrogen and oxygen atoms in total. The van der Waals surface area contributed by atoms with Crippen molar-refractivity contribution in [3.05, 3.63) is 59.0 Å². The number of carbonyl (C=O) groups is 1. The number of aromatic nitrogens is 2. The molecule has 124 valence electrons. The highest BCUT2D eigenvalue weighted by molar-refractivity contribution is 6.30. The molecule has 0 atom stereocenters. The fraction of sp³-hybridized carbons (Fsp3) is 0.176. The van der Waals surface area contributed by atoms with Crippen LogP contribution in [0.5, 0.6) is 11.5 Å². The molecule has 0 fully saturated rings. The lowest BCUT2D eigenvalue weighted by atomic mass is 10.2. The molecule has 0 bridgehead atoms. The number of ether oxygens (including phenoxy) is 2. The molecule has 1 aromatic carbocycles. The van der Waals surface area contributed by atoms with E-state index < -0.39 is 0 Å². The maximum atomic E-state index is 12.3. The van der Waals surface area contributed by atoms with E-state index in [1.807, 2.05) is 12.1 Å². The number of imidazole rings is 1. The van der Waals surface area contributed by atoms with Crippen molar-refractivity contribution in [1.82, 2.24) is 14.7 Å². The Labute approximate surface area is 144 Å². The second kappa shape index (κ2) is 6.80. The Bertz CT molecular complexity index is 892. The first-order valence-electron chi connectivity index (χ1n) is 7.24. The molecule has 0 radical (unpaired) electrons. The summed E-state index contributed by atoms with van der Waals surface area (Å²) in [5, 5.41) is 3.41. The third-order valence-corrected chi connectivity index (χ3v) is 3.80. The van der Waals surface area contributed by atoms with Gasteiger partial charge in [-0.3, -0.25) is 4.79 Å². The SMILES string of the molecule is COc1ccc(CNC(=O)c2cn3cc(Cl)ccc3n2)c(OC)c1. The molecule has 1 N–H and O–H groups in total. The van der Waals surface area contributed by atoms with Crippen LogP contribution in [0.15, 0.2) is 42.7 Å². The van der Waals surface area contributed by atoms with Gasteiger partial charge in [0.15, 0.2) is 0 Å². The molecule has 2 aromatic heterocycles. The summed E-state index contributed by atoms with van der Waals surface area (Å²) in [5.41, 5.74) is 1.83. The van der Waals surface area contributed by atoms with Gasteiger partial charge in [-0.05, 0) is 24.3 Å². The number of pyridine rings is 1. The lowest BCUT2D eigenvalue weighted by Crippen LogP contribution is -2.23. The summed E-state index contributed by atoms with van der Waals surface area (Å²) in [6.45, 7) is 0.320. The van der Waals surface area contributed by atoms with E-state index >= 15 is 0 Å². The summed E-state index contributed by atoms with van der Waals surface area (Å²) in [6, 6.07) is 8.92. The Morgan fingerprint density at radius 2 is 2.04 bits per heavy atom. The maximum absolute atomic E-state index is 12.3. The van der Waals surface area contributed by atoms with E-state index in [9.17, 15) is 4.79 Å². The van der Waals surface area contributed by atoms with E-state index in [1.165, 1.54) is 0 Å². The van der Waals surface area contributed by atoms with Gasteiger partial charge in [0, 0.05) is 30.6 Å². The number of halogens is 1. The Morgan fingerprint density at radius 1 is 1.21 bits per heavy atom. The predicted molar refractivity (Wildman–Crippen MR) is 90.9 cm³/mol. The summed E-state index contributed by atoms with van der Waals surface area (Å²) in [7, 11) is 3.16. The van der Waals surface area contributed by atoms with E-state index in [0.29, 0.717) is 34.4 Å². The number of fused-ring (bicyclic) bond motifs is 1. The average molecular weight is 346 g/mol. The number of hydrogen-bond acceptors (Lipinski definition) is 4. The monoisotopic (exact) mass is 345 g/mol. The standard InChI is InChI=1S/C17H16ClN3O3/c1-23-13-5-3-11(15(7-13)24-2)8-19-17(22)14-10-21-9-12(18)4-6-16(21)20-14/h3-7,9-10H,8H2,1-2H3,(H,19,22). The van der Waals surface area contributed by atoms with E-state index in [2.05, 4.69) is 10.3 Å². The lowest BCUT2D eigenvalue weighted by molar-refractivity contribution is 0.0946. The largest absolute Gasteiger partial charge is 0.497 e. The van der Waals surface area contributed by atoms with Crippen LogP contribution in [0, 0.1) is 0 Å². The van der Waals surface area contributed by atoms with Crippen LogP contribution >= 0.6 is 11.6 Å². The molecule has 1 amide bonds. The van der Waals surface area contributed by atoms with E-state index in [-0.39, 0.29) is 5.91 Å². The van der Waals surface area contributed by atoms with Gasteiger partial charge in [0.2, 0.25) is 0 Å². The maximum Gasteiger partial charge on any atom is 0.271 e. The van der Waals surface area contributed by atoms with Gasteiger partial charge >= 0.3 is 0 Å². The quantitative estimate of drug-likeness (QED) is 0.772. The molecule has 0 saturated heterocycles. The number of rotatable bonds is 5. The zero-order valence-corrected chi connectivity index (χ0v) is 14.0. The van der Waals surface area contributed by atoms with Gasteiger partial charge in [-0.1, -0.05) is 11.6 Å². The average Bonchev–Trinajstić information content (AvgIpc) is 3.02. The molecule has 3 rings (SSSR count). The molecule has 0 aliphatic heterocycles. The molecular formula is C17H16ClN3O3. The topological polar surface area (TPSA) is 64.9 Å². The summed E-state index contributed by atoms with van der Waals surface area (Å²) in [5.74, 6) is 1.07. The van der Waals surface area contributed by atoms with Gasteiger partial charge in [0.1, 0.15) is 22.8 Å². The number of methoxy groups -OCH3 is 2. The number of nitrogens with one attached hydrogen (secondary N) is 1. The van der Waals surface area contributed by atoms with E-state index in [0.717, 1.165) is 5.56 Å². The fourth-order valence-corrected chi connectivity index (χ4v) is 2.51. The summed E-state index contributed by atoms with van der Waals surface area (Å²) >= 11 is 5.93. The van der Waals surface area contributed by atoms with Crippen molar-refractivity contribution >= 4 is 23.2 Å². The molecule has 0 aliphatic carbocycles. The number of carbonyl (C=O) groups excluding carboxylic acids is 1. The van der Waals surface area contributed by atoms with Crippen LogP contribution in [0.4, 0.5) is 0 Å². The number of benzene rings is 1. The summed E-state index contributed by atoms with van der Waals surface area (Å²) in [4.78, 5) is 16.6. The summed E-state index contributed by atoms with van der Waals surface area (Å²) < 4.78 is 12.2. The van der Waals surface area contributed by atoms with Crippen molar-refractivity contribution in [2.24, 2.45) is 0 Å². The molecule has 24 heavy (non-hydrogen) atoms. The summed E-state index contributed by atoms with van der Waals surface area (Å²) in [6.07, 6.45) is 3.34. The smallest absolute Gasteiger partial charge is 0.271 e. The first-order valence-corrected chi connectivity index (χ1v) is 7.62. The Hall–Kier alpha value is -2.73. The van der Waals surface area contributed by atoms with Crippen molar-refractivity contribution in [3.8, 4) is 11.5 Å². The normalized spacial score (nSPS) is 10.6. The number of nitrogens with zero attached hydrogens (tertiary/aromatic N) is 2. The van der Waals surface area contributed by atoms with Gasteiger partial charge in [-0.2, -0.15) is 0 Å². The Balaban J connectivity index is 1.75. The molecule has 0 aliphatic rings. The minimum absolute atomic E-state index is 0.271. The van der Waals surface area contributed by atoms with Crippen LogP contribution in [-0.4, -0.2) is 29.5 Å². The molecule has 2 heterocycles. The molecular weight excluding hydrogens is 330 g/mol. The number of amides is 1. The van der Waals surface area contributed by atoms with Gasteiger partial charge in [-0.15, -0.1) is 0 Å². The zero-order chi connectivity index (χ0) is 17.1. The molecule has 0 saturated carbocycles. The van der Waals surface area contributed by atoms with Crippen molar-refractivity contribution in [3.63, 3.8) is 0 Å². The van der Waals surface area contributed by atoms with Crippen LogP contribution < -0.4 is 14.8 Å². The van der Waals surface area contributed by atoms with Gasteiger partial charge in [-0.25, -0.2) is 4.98 Å².